The van der Waals surface area contributed by atoms with Crippen LogP contribution in [0.1, 0.15) is 27.8 Å². The summed E-state index contributed by atoms with van der Waals surface area (Å²) in [6.07, 6.45) is 0. The first-order valence-corrected chi connectivity index (χ1v) is 20.5. The maximum absolute atomic E-state index is 2.47. The smallest absolute Gasteiger partial charge is 0.0714 e. The molecule has 0 heterocycles. The zero-order valence-electron chi connectivity index (χ0n) is 32.9. The summed E-state index contributed by atoms with van der Waals surface area (Å²) in [4.78, 5) is 2.44. The predicted molar refractivity (Wildman–Crippen MR) is 249 cm³/mol. The van der Waals surface area contributed by atoms with Gasteiger partial charge in [-0.2, -0.15) is 0 Å². The van der Waals surface area contributed by atoms with Crippen LogP contribution in [0.4, 0.5) is 17.1 Å². The van der Waals surface area contributed by atoms with Crippen molar-refractivity contribution in [2.45, 2.75) is 12.3 Å². The molecule has 10 aromatic carbocycles. The average molecular weight is 752 g/mol. The van der Waals surface area contributed by atoms with Crippen molar-refractivity contribution in [3.63, 3.8) is 0 Å². The minimum Gasteiger partial charge on any atom is -0.310 e. The summed E-state index contributed by atoms with van der Waals surface area (Å²) < 4.78 is 0. The Labute approximate surface area is 346 Å². The zero-order valence-corrected chi connectivity index (χ0v) is 32.9. The number of hydrogen-bond donors (Lipinski definition) is 0. The van der Waals surface area contributed by atoms with E-state index in [1.807, 2.05) is 0 Å². The van der Waals surface area contributed by atoms with Gasteiger partial charge in [-0.1, -0.05) is 194 Å². The first-order valence-electron chi connectivity index (χ1n) is 20.5. The molecule has 0 saturated heterocycles. The van der Waals surface area contributed by atoms with Crippen LogP contribution < -0.4 is 4.90 Å². The molecule has 0 spiro atoms. The Bertz CT molecular complexity index is 3110. The first-order chi connectivity index (χ1) is 29.2. The fraction of sp³-hybridized carbons (Fsp3) is 0.0345. The molecule has 1 nitrogen and oxygen atoms in total. The van der Waals surface area contributed by atoms with Gasteiger partial charge in [0.25, 0.3) is 0 Å². The molecular formula is C58H41N. The Kier molecular flexibility index (Phi) is 8.34. The maximum atomic E-state index is 2.47. The van der Waals surface area contributed by atoms with Crippen molar-refractivity contribution < 1.29 is 0 Å². The molecule has 11 rings (SSSR count). The maximum Gasteiger partial charge on any atom is 0.0714 e. The van der Waals surface area contributed by atoms with Gasteiger partial charge in [-0.05, 0) is 126 Å². The Morgan fingerprint density at radius 3 is 1.63 bits per heavy atom. The molecule has 0 fully saturated rings. The van der Waals surface area contributed by atoms with E-state index in [1.165, 1.54) is 82.7 Å². The highest BCUT2D eigenvalue weighted by Crippen LogP contribution is 2.58. The molecule has 1 aliphatic rings. The van der Waals surface area contributed by atoms with Gasteiger partial charge in [-0.3, -0.25) is 0 Å². The van der Waals surface area contributed by atoms with E-state index >= 15 is 0 Å². The van der Waals surface area contributed by atoms with E-state index in [4.69, 9.17) is 0 Å². The summed E-state index contributed by atoms with van der Waals surface area (Å²) in [7, 11) is 0. The van der Waals surface area contributed by atoms with Gasteiger partial charge in [0.05, 0.1) is 5.41 Å². The molecule has 0 atom stereocenters. The van der Waals surface area contributed by atoms with Gasteiger partial charge in [0.15, 0.2) is 0 Å². The first kappa shape index (κ1) is 34.7. The lowest BCUT2D eigenvalue weighted by atomic mass is 9.67. The van der Waals surface area contributed by atoms with E-state index in [0.29, 0.717) is 0 Å². The lowest BCUT2D eigenvalue weighted by Crippen LogP contribution is -2.28. The predicted octanol–water partition coefficient (Wildman–Crippen LogP) is 15.5. The van der Waals surface area contributed by atoms with E-state index in [9.17, 15) is 0 Å². The van der Waals surface area contributed by atoms with E-state index < -0.39 is 5.41 Å². The summed E-state index contributed by atoms with van der Waals surface area (Å²) in [5.41, 5.74) is 16.8. The van der Waals surface area contributed by atoms with Crippen LogP contribution in [0.15, 0.2) is 231 Å². The van der Waals surface area contributed by atoms with Crippen molar-refractivity contribution in [1.29, 1.82) is 0 Å². The molecule has 278 valence electrons. The van der Waals surface area contributed by atoms with Crippen LogP contribution in [0.5, 0.6) is 0 Å². The van der Waals surface area contributed by atoms with Crippen molar-refractivity contribution in [3.05, 3.63) is 258 Å². The minimum absolute atomic E-state index is 0.502. The molecule has 0 bridgehead atoms. The number of anilines is 3. The second-order valence-electron chi connectivity index (χ2n) is 15.7. The van der Waals surface area contributed by atoms with E-state index in [0.717, 1.165) is 17.1 Å². The summed E-state index contributed by atoms with van der Waals surface area (Å²) >= 11 is 0. The quantitative estimate of drug-likeness (QED) is 0.157. The molecule has 1 aliphatic carbocycles. The van der Waals surface area contributed by atoms with Crippen molar-refractivity contribution >= 4 is 38.6 Å². The van der Waals surface area contributed by atoms with Crippen LogP contribution >= 0.6 is 0 Å². The number of benzene rings is 10. The molecule has 0 saturated carbocycles. The van der Waals surface area contributed by atoms with Gasteiger partial charge in [-0.25, -0.2) is 0 Å². The molecule has 0 amide bonds. The molecule has 1 heteroatoms. The minimum atomic E-state index is -0.502. The monoisotopic (exact) mass is 751 g/mol. The third kappa shape index (κ3) is 5.62. The number of nitrogens with zero attached hydrogens (tertiary/aromatic N) is 1. The normalized spacial score (nSPS) is 12.6. The Morgan fingerprint density at radius 2 is 0.898 bits per heavy atom. The van der Waals surface area contributed by atoms with Crippen LogP contribution in [-0.4, -0.2) is 0 Å². The summed E-state index contributed by atoms with van der Waals surface area (Å²) in [6, 6.07) is 84.9. The van der Waals surface area contributed by atoms with Gasteiger partial charge in [-0.15, -0.1) is 0 Å². The van der Waals surface area contributed by atoms with Gasteiger partial charge >= 0.3 is 0 Å². The zero-order chi connectivity index (χ0) is 39.3. The van der Waals surface area contributed by atoms with Crippen LogP contribution in [0.2, 0.25) is 0 Å². The van der Waals surface area contributed by atoms with Crippen molar-refractivity contribution in [2.24, 2.45) is 0 Å². The standard InChI is InChI=1S/C58H41N/c1-40-16-15-27-54-56(40)53-37-35-50(39-55(53)58(54,46-22-7-3-8-23-46)47-24-9-4-10-25-47)59(49-34-28-41-17-11-12-21-45(41)38-49)48-32-29-43(30-33-48)52-36-31-42-18-13-14-26-51(42)57(52)44-19-5-2-6-20-44/h2-39H,1H3. The molecule has 59 heavy (non-hydrogen) atoms. The summed E-state index contributed by atoms with van der Waals surface area (Å²) in [5.74, 6) is 0. The van der Waals surface area contributed by atoms with Crippen molar-refractivity contribution in [1.82, 2.24) is 0 Å². The molecule has 10 aromatic rings. The molecule has 0 aromatic heterocycles. The van der Waals surface area contributed by atoms with Gasteiger partial charge < -0.3 is 4.90 Å². The largest absolute Gasteiger partial charge is 0.310 e. The van der Waals surface area contributed by atoms with Crippen molar-refractivity contribution in [2.75, 3.05) is 4.90 Å². The summed E-state index contributed by atoms with van der Waals surface area (Å²) in [6.45, 7) is 2.25. The highest BCUT2D eigenvalue weighted by molar-refractivity contribution is 6.04. The van der Waals surface area contributed by atoms with Gasteiger partial charge in [0.1, 0.15) is 0 Å². The number of fused-ring (bicyclic) bond motifs is 5. The van der Waals surface area contributed by atoms with E-state index in [-0.39, 0.29) is 0 Å². The average Bonchev–Trinajstić information content (AvgIpc) is 3.61. The fourth-order valence-corrected chi connectivity index (χ4v) is 9.83. The lowest BCUT2D eigenvalue weighted by Gasteiger charge is -2.35. The highest BCUT2D eigenvalue weighted by Gasteiger charge is 2.46. The Balaban J connectivity index is 1.13. The Morgan fingerprint density at radius 1 is 0.339 bits per heavy atom. The van der Waals surface area contributed by atoms with E-state index in [1.54, 1.807) is 0 Å². The van der Waals surface area contributed by atoms with Crippen LogP contribution in [0.25, 0.3) is 54.9 Å². The molecule has 0 radical (unpaired) electrons. The van der Waals surface area contributed by atoms with Gasteiger partial charge in [0.2, 0.25) is 0 Å². The summed E-state index contributed by atoms with van der Waals surface area (Å²) in [5, 5.41) is 4.93. The lowest BCUT2D eigenvalue weighted by molar-refractivity contribution is 0.768. The van der Waals surface area contributed by atoms with Gasteiger partial charge in [0, 0.05) is 17.1 Å². The Hall–Kier alpha value is -7.48. The van der Waals surface area contributed by atoms with Crippen LogP contribution in [0, 0.1) is 6.92 Å². The topological polar surface area (TPSA) is 3.24 Å². The number of aryl methyl sites for hydroxylation is 1. The van der Waals surface area contributed by atoms with Crippen LogP contribution in [0.3, 0.4) is 0 Å². The third-order valence-electron chi connectivity index (χ3n) is 12.4. The molecule has 0 aliphatic heterocycles. The molecule has 0 unspecified atom stereocenters. The fourth-order valence-electron chi connectivity index (χ4n) is 9.83. The number of rotatable bonds is 7. The third-order valence-corrected chi connectivity index (χ3v) is 12.4. The SMILES string of the molecule is Cc1cccc2c1-c1ccc(N(c3ccc(-c4ccc5ccccc5c4-c4ccccc4)cc3)c3ccc4ccccc4c3)cc1C2(c1ccccc1)c1ccccc1. The molecular weight excluding hydrogens is 711 g/mol. The number of hydrogen-bond acceptors (Lipinski definition) is 1. The van der Waals surface area contributed by atoms with Crippen LogP contribution in [-0.2, 0) is 5.41 Å². The highest BCUT2D eigenvalue weighted by atomic mass is 15.1. The second kappa shape index (κ2) is 14.2. The second-order valence-corrected chi connectivity index (χ2v) is 15.7. The van der Waals surface area contributed by atoms with E-state index in [2.05, 4.69) is 242 Å². The molecule has 0 N–H and O–H groups in total. The van der Waals surface area contributed by atoms with Crippen molar-refractivity contribution in [3.8, 4) is 33.4 Å².